The molecule has 16 heteroatoms. The minimum atomic E-state index is -1.30. The molecule has 0 bridgehead atoms. The van der Waals surface area contributed by atoms with Crippen LogP contribution in [0.5, 0.6) is 0 Å². The molecule has 0 saturated carbocycles. The van der Waals surface area contributed by atoms with Crippen molar-refractivity contribution in [1.29, 1.82) is 0 Å². The molecule has 3 aromatic carbocycles. The molecule has 11 nitrogen and oxygen atoms in total. The summed E-state index contributed by atoms with van der Waals surface area (Å²) in [6.07, 6.45) is 12.0. The number of carbonyl (C=O) groups excluding carboxylic acids is 4. The molecule has 1 saturated heterocycles. The van der Waals surface area contributed by atoms with Crippen LogP contribution in [0, 0.1) is 39.3 Å². The van der Waals surface area contributed by atoms with Gasteiger partial charge in [0.15, 0.2) is 11.6 Å². The number of benzene rings is 3. The van der Waals surface area contributed by atoms with Gasteiger partial charge in [-0.2, -0.15) is 0 Å². The molecule has 0 spiro atoms. The van der Waals surface area contributed by atoms with E-state index in [0.717, 1.165) is 104 Å². The number of Topliss-reactive ketones (excluding diaryl/α,β-unsaturated/α-hetero) is 1. The van der Waals surface area contributed by atoms with E-state index in [1.165, 1.54) is 17.0 Å². The number of aryl methyl sites for hydroxylation is 1. The highest BCUT2D eigenvalue weighted by Crippen LogP contribution is 2.35. The van der Waals surface area contributed by atoms with Gasteiger partial charge in [-0.25, -0.2) is 23.6 Å². The Labute approximate surface area is 410 Å². The van der Waals surface area contributed by atoms with Crippen LogP contribution in [0.15, 0.2) is 60.1 Å². The first kappa shape index (κ1) is 53.6. The molecule has 2 heterocycles. The molecule has 0 aliphatic carbocycles. The Morgan fingerprint density at radius 3 is 2.13 bits per heavy atom. The molecule has 5 rings (SSSR count). The van der Waals surface area contributed by atoms with E-state index < -0.39 is 52.5 Å². The monoisotopic (exact) mass is 1060 g/mol. The maximum absolute atomic E-state index is 14.7. The first-order chi connectivity index (χ1) is 32.0. The molecule has 4 aromatic rings. The van der Waals surface area contributed by atoms with Gasteiger partial charge in [0.2, 0.25) is 11.8 Å². The number of aromatic nitrogens is 1. The van der Waals surface area contributed by atoms with Gasteiger partial charge >= 0.3 is 0 Å². The maximum Gasteiger partial charge on any atom is 0.277 e. The van der Waals surface area contributed by atoms with Crippen molar-refractivity contribution in [2.75, 3.05) is 18.5 Å². The number of nitrogens with zero attached hydrogens (tertiary/aromatic N) is 2. The molecule has 0 unspecified atom stereocenters. The molecule has 364 valence electrons. The van der Waals surface area contributed by atoms with Crippen LogP contribution in [0.1, 0.15) is 139 Å². The maximum atomic E-state index is 14.7. The Hall–Kier alpha value is -4.39. The molecular formula is C51H65F3IN5O6S. The second-order valence-corrected chi connectivity index (χ2v) is 20.6. The fourth-order valence-corrected chi connectivity index (χ4v) is 9.55. The molecule has 4 N–H and O–H groups in total. The number of halogens is 4. The molecule has 1 fully saturated rings. The minimum absolute atomic E-state index is 0.0447. The Balaban J connectivity index is 0.900. The summed E-state index contributed by atoms with van der Waals surface area (Å²) in [6, 6.07) is 13.3. The highest BCUT2D eigenvalue weighted by molar-refractivity contribution is 14.1. The van der Waals surface area contributed by atoms with Gasteiger partial charge in [0.05, 0.1) is 45.7 Å². The summed E-state index contributed by atoms with van der Waals surface area (Å²) in [5, 5.41) is 16.0. The molecule has 0 radical (unpaired) electrons. The van der Waals surface area contributed by atoms with E-state index in [0.29, 0.717) is 23.0 Å². The number of nitrogens with one attached hydrogen (secondary N) is 3. The molecular weight excluding hydrogens is 995 g/mol. The number of unbranched alkanes of at least 4 members (excludes halogenated alkanes) is 11. The normalized spacial score (nSPS) is 15.4. The standard InChI is InChI=1S/C51H65F3IN5O6S/c1-33-47(67-32-57-33)35-20-18-34(19-21-35)30-56-49(64)44-29-38(62)31-60(44)50(65)40(51(2,3)4)28-37(61)17-15-13-11-9-7-5-6-8-10-12-14-16-26-66-59-48(63)39-23-24-41(52)45(54)46(39)58-43-25-22-36(55)27-42(43)53/h18-25,27,32,38,40,44,58,62H,5-17,26,28-31H2,1-4H3,(H,56,64)(H,59,63)/t38-,40-,44+/m1/s1. The van der Waals surface area contributed by atoms with Crippen LogP contribution >= 0.6 is 33.9 Å². The van der Waals surface area contributed by atoms with Gasteiger partial charge in [0.1, 0.15) is 17.6 Å². The zero-order chi connectivity index (χ0) is 48.5. The van der Waals surface area contributed by atoms with E-state index in [9.17, 15) is 37.5 Å². The molecule has 1 aliphatic rings. The van der Waals surface area contributed by atoms with E-state index in [4.69, 9.17) is 4.84 Å². The van der Waals surface area contributed by atoms with Crippen LogP contribution in [0.25, 0.3) is 10.4 Å². The first-order valence-electron chi connectivity index (χ1n) is 23.4. The number of anilines is 2. The van der Waals surface area contributed by atoms with E-state index in [1.54, 1.807) is 17.4 Å². The Morgan fingerprint density at radius 1 is 0.881 bits per heavy atom. The lowest BCUT2D eigenvalue weighted by Crippen LogP contribution is -2.50. The number of aliphatic hydroxyl groups excluding tert-OH is 1. The van der Waals surface area contributed by atoms with Crippen molar-refractivity contribution in [1.82, 2.24) is 20.7 Å². The summed E-state index contributed by atoms with van der Waals surface area (Å²) in [5.74, 6) is -5.07. The number of carbonyl (C=O) groups is 4. The van der Waals surface area contributed by atoms with Crippen LogP contribution in [-0.2, 0) is 25.8 Å². The van der Waals surface area contributed by atoms with Gasteiger partial charge in [-0.1, -0.05) is 109 Å². The second kappa shape index (κ2) is 26.4. The zero-order valence-corrected chi connectivity index (χ0v) is 42.0. The van der Waals surface area contributed by atoms with Gasteiger partial charge in [-0.15, -0.1) is 11.3 Å². The highest BCUT2D eigenvalue weighted by Gasteiger charge is 2.44. The third-order valence-corrected chi connectivity index (χ3v) is 13.9. The quantitative estimate of drug-likeness (QED) is 0.0276. The number of ketones is 1. The topological polar surface area (TPSA) is 150 Å². The van der Waals surface area contributed by atoms with Crippen molar-refractivity contribution in [3.8, 4) is 10.4 Å². The van der Waals surface area contributed by atoms with E-state index in [-0.39, 0.29) is 54.8 Å². The summed E-state index contributed by atoms with van der Waals surface area (Å²) in [5.41, 5.74) is 5.73. The number of hydroxylamine groups is 1. The SMILES string of the molecule is Cc1ncsc1-c1ccc(CNC(=O)[C@@H]2C[C@@H](O)CN2C(=O)[C@@H](CC(=O)CCCCCCCCCCCCCCONC(=O)c2ccc(F)c(F)c2Nc2ccc(I)cc2F)C(C)(C)C)cc1. The van der Waals surface area contributed by atoms with Crippen molar-refractivity contribution < 1.29 is 42.3 Å². The van der Waals surface area contributed by atoms with Gasteiger partial charge in [-0.3, -0.25) is 24.0 Å². The lowest BCUT2D eigenvalue weighted by Gasteiger charge is -2.34. The zero-order valence-electron chi connectivity index (χ0n) is 39.0. The Kier molecular flexibility index (Phi) is 21.1. The number of rotatable bonds is 26. The summed E-state index contributed by atoms with van der Waals surface area (Å²) < 4.78 is 43.7. The number of likely N-dealkylation sites (tertiary alicyclic amines) is 1. The van der Waals surface area contributed by atoms with Gasteiger partial charge < -0.3 is 20.6 Å². The van der Waals surface area contributed by atoms with Gasteiger partial charge in [-0.05, 0) is 89.2 Å². The predicted molar refractivity (Wildman–Crippen MR) is 265 cm³/mol. The lowest BCUT2D eigenvalue weighted by molar-refractivity contribution is -0.146. The van der Waals surface area contributed by atoms with Crippen molar-refractivity contribution in [2.24, 2.45) is 11.3 Å². The number of hydrogen-bond donors (Lipinski definition) is 4. The minimum Gasteiger partial charge on any atom is -0.391 e. The summed E-state index contributed by atoms with van der Waals surface area (Å²) in [4.78, 5) is 65.6. The molecule has 67 heavy (non-hydrogen) atoms. The smallest absolute Gasteiger partial charge is 0.277 e. The Bertz CT molecular complexity index is 2270. The van der Waals surface area contributed by atoms with Crippen molar-refractivity contribution in [2.45, 2.75) is 143 Å². The van der Waals surface area contributed by atoms with Gasteiger partial charge in [0, 0.05) is 41.8 Å². The van der Waals surface area contributed by atoms with Crippen LogP contribution in [0.4, 0.5) is 24.5 Å². The number of thiazole rings is 1. The third-order valence-electron chi connectivity index (χ3n) is 12.2. The van der Waals surface area contributed by atoms with Crippen molar-refractivity contribution >= 4 is 68.8 Å². The molecule has 3 atom stereocenters. The average molecular weight is 1060 g/mol. The molecule has 1 aliphatic heterocycles. The average Bonchev–Trinajstić information content (AvgIpc) is 3.91. The summed E-state index contributed by atoms with van der Waals surface area (Å²) in [7, 11) is 0. The van der Waals surface area contributed by atoms with Crippen LogP contribution in [0.2, 0.25) is 0 Å². The summed E-state index contributed by atoms with van der Waals surface area (Å²) in [6.45, 7) is 8.41. The fraction of sp³-hybridized carbons (Fsp3) is 0.510. The molecule has 3 amide bonds. The number of amides is 3. The summed E-state index contributed by atoms with van der Waals surface area (Å²) >= 11 is 3.51. The number of hydrogen-bond acceptors (Lipinski definition) is 9. The van der Waals surface area contributed by atoms with E-state index >= 15 is 0 Å². The van der Waals surface area contributed by atoms with E-state index in [1.807, 2.05) is 80.1 Å². The third kappa shape index (κ3) is 16.4. The van der Waals surface area contributed by atoms with Crippen molar-refractivity contribution in [3.63, 3.8) is 0 Å². The van der Waals surface area contributed by atoms with Crippen LogP contribution in [0.3, 0.4) is 0 Å². The van der Waals surface area contributed by atoms with Gasteiger partial charge in [0.25, 0.3) is 5.91 Å². The second-order valence-electron chi connectivity index (χ2n) is 18.5. The number of β-amino-alcohol motifs (C(OH)–C–C–N with tert-alkyl or cyclic N) is 1. The largest absolute Gasteiger partial charge is 0.391 e. The predicted octanol–water partition coefficient (Wildman–Crippen LogP) is 11.5. The number of aliphatic hydroxyl groups is 1. The van der Waals surface area contributed by atoms with Crippen LogP contribution in [-0.4, -0.2) is 63.8 Å². The Morgan fingerprint density at radius 2 is 1.52 bits per heavy atom. The first-order valence-corrected chi connectivity index (χ1v) is 25.4. The van der Waals surface area contributed by atoms with E-state index in [2.05, 4.69) is 21.1 Å². The molecule has 1 aromatic heterocycles. The highest BCUT2D eigenvalue weighted by atomic mass is 127. The van der Waals surface area contributed by atoms with Crippen molar-refractivity contribution in [3.05, 3.63) is 98.0 Å². The van der Waals surface area contributed by atoms with Crippen LogP contribution < -0.4 is 16.1 Å². The fourth-order valence-electron chi connectivity index (χ4n) is 8.28. The lowest BCUT2D eigenvalue weighted by atomic mass is 9.76.